The first-order valence-electron chi connectivity index (χ1n) is 17.1. The molecule has 0 saturated heterocycles. The summed E-state index contributed by atoms with van der Waals surface area (Å²) in [4.78, 5) is 0. The minimum Gasteiger partial charge on any atom is -0.493 e. The molecule has 1 N–H and O–H groups in total. The lowest BCUT2D eigenvalue weighted by Crippen LogP contribution is -2.37. The van der Waals surface area contributed by atoms with Gasteiger partial charge in [-0.1, -0.05) is 158 Å². The Hall–Kier alpha value is -2.82. The second kappa shape index (κ2) is 18.8. The van der Waals surface area contributed by atoms with Crippen LogP contribution in [0.15, 0.2) is 72.8 Å². The van der Waals surface area contributed by atoms with E-state index in [-0.39, 0.29) is 13.2 Å². The molecule has 0 bridgehead atoms. The number of aliphatic hydroxyl groups is 1. The van der Waals surface area contributed by atoms with Crippen molar-refractivity contribution in [3.63, 3.8) is 0 Å². The lowest BCUT2D eigenvalue weighted by molar-refractivity contribution is -0.0133. The van der Waals surface area contributed by atoms with Crippen LogP contribution in [-0.2, 0) is 10.3 Å². The number of benzene rings is 3. The van der Waals surface area contributed by atoms with Gasteiger partial charge in [-0.3, -0.25) is 0 Å². The summed E-state index contributed by atoms with van der Waals surface area (Å²) in [6.45, 7) is 3.08. The molecule has 43 heavy (non-hydrogen) atoms. The van der Waals surface area contributed by atoms with Crippen molar-refractivity contribution >= 4 is 0 Å². The van der Waals surface area contributed by atoms with Crippen LogP contribution in [0.5, 0.6) is 17.2 Å². The smallest absolute Gasteiger partial charge is 0.154 e. The second-order valence-electron chi connectivity index (χ2n) is 12.0. The third-order valence-corrected chi connectivity index (χ3v) is 8.68. The number of hydrogen-bond acceptors (Lipinski definition) is 4. The third-order valence-electron chi connectivity index (χ3n) is 8.68. The van der Waals surface area contributed by atoms with E-state index in [9.17, 15) is 5.11 Å². The topological polar surface area (TPSA) is 47.9 Å². The Morgan fingerprint density at radius 2 is 0.977 bits per heavy atom. The number of rotatable bonds is 22. The summed E-state index contributed by atoms with van der Waals surface area (Å²) in [7, 11) is 0. The predicted molar refractivity (Wildman–Crippen MR) is 177 cm³/mol. The van der Waals surface area contributed by atoms with E-state index in [1.807, 2.05) is 54.6 Å². The standard InChI is InChI=1S/C39H54O4/c1-2-3-4-5-6-7-8-9-10-11-12-13-14-15-16-23-31-41-36-27-20-17-24-33(36)39(42-32-30-40)34-25-18-21-28-37(34)43-38-29-22-19-26-35(38)39/h17-22,24-29,40H,2-16,23,30-32H2,1H3. The third kappa shape index (κ3) is 9.33. The Morgan fingerprint density at radius 3 is 1.49 bits per heavy atom. The van der Waals surface area contributed by atoms with Crippen molar-refractivity contribution in [3.05, 3.63) is 89.5 Å². The highest BCUT2D eigenvalue weighted by Crippen LogP contribution is 2.54. The monoisotopic (exact) mass is 586 g/mol. The molecule has 0 aromatic heterocycles. The lowest BCUT2D eigenvalue weighted by atomic mass is 9.77. The molecule has 4 heteroatoms. The summed E-state index contributed by atoms with van der Waals surface area (Å²) < 4.78 is 19.4. The predicted octanol–water partition coefficient (Wildman–Crippen LogP) is 10.7. The van der Waals surface area contributed by atoms with E-state index >= 15 is 0 Å². The van der Waals surface area contributed by atoms with Crippen LogP contribution in [0.2, 0.25) is 0 Å². The van der Waals surface area contributed by atoms with Gasteiger partial charge in [0.25, 0.3) is 0 Å². The highest BCUT2D eigenvalue weighted by molar-refractivity contribution is 5.63. The molecule has 1 heterocycles. The number of unbranched alkanes of at least 4 members (excludes halogenated alkanes) is 15. The molecule has 0 unspecified atom stereocenters. The molecule has 3 aromatic carbocycles. The number of hydrogen-bond donors (Lipinski definition) is 1. The van der Waals surface area contributed by atoms with E-state index in [4.69, 9.17) is 14.2 Å². The van der Waals surface area contributed by atoms with Crippen LogP contribution in [-0.4, -0.2) is 24.9 Å². The van der Waals surface area contributed by atoms with E-state index < -0.39 is 5.60 Å². The van der Waals surface area contributed by atoms with Gasteiger partial charge in [-0.2, -0.15) is 0 Å². The number of ether oxygens (including phenoxy) is 3. The van der Waals surface area contributed by atoms with Gasteiger partial charge in [-0.15, -0.1) is 0 Å². The second-order valence-corrected chi connectivity index (χ2v) is 12.0. The fourth-order valence-electron chi connectivity index (χ4n) is 6.39. The summed E-state index contributed by atoms with van der Waals surface area (Å²) in [5, 5.41) is 9.80. The fraction of sp³-hybridized carbons (Fsp3) is 0.538. The summed E-state index contributed by atoms with van der Waals surface area (Å²) in [6, 6.07) is 24.2. The Bertz CT molecular complexity index is 1140. The zero-order valence-electron chi connectivity index (χ0n) is 26.5. The first-order valence-corrected chi connectivity index (χ1v) is 17.1. The molecule has 0 saturated carbocycles. The lowest BCUT2D eigenvalue weighted by Gasteiger charge is -2.41. The quantitative estimate of drug-likeness (QED) is 0.119. The van der Waals surface area contributed by atoms with Crippen molar-refractivity contribution in [2.45, 2.75) is 115 Å². The van der Waals surface area contributed by atoms with Gasteiger partial charge in [0.15, 0.2) is 5.60 Å². The summed E-state index contributed by atoms with van der Waals surface area (Å²) in [5.41, 5.74) is 1.82. The highest BCUT2D eigenvalue weighted by Gasteiger charge is 2.46. The van der Waals surface area contributed by atoms with Crippen LogP contribution < -0.4 is 9.47 Å². The minimum atomic E-state index is -0.945. The Balaban J connectivity index is 1.24. The van der Waals surface area contributed by atoms with Crippen molar-refractivity contribution in [1.29, 1.82) is 0 Å². The first-order chi connectivity index (χ1) is 21.3. The Morgan fingerprint density at radius 1 is 0.535 bits per heavy atom. The van der Waals surface area contributed by atoms with Gasteiger partial charge >= 0.3 is 0 Å². The van der Waals surface area contributed by atoms with Gasteiger partial charge in [0.1, 0.15) is 17.2 Å². The van der Waals surface area contributed by atoms with Crippen molar-refractivity contribution < 1.29 is 19.3 Å². The molecule has 4 rings (SSSR count). The summed E-state index contributed by atoms with van der Waals surface area (Å²) >= 11 is 0. The van der Waals surface area contributed by atoms with Crippen molar-refractivity contribution in [2.24, 2.45) is 0 Å². The van der Waals surface area contributed by atoms with Crippen LogP contribution in [0.1, 0.15) is 126 Å². The molecule has 0 amide bonds. The molecule has 0 fully saturated rings. The number of fused-ring (bicyclic) bond motifs is 2. The van der Waals surface area contributed by atoms with Crippen LogP contribution in [0.3, 0.4) is 0 Å². The van der Waals surface area contributed by atoms with Crippen LogP contribution >= 0.6 is 0 Å². The number of aliphatic hydroxyl groups excluding tert-OH is 1. The molecule has 0 radical (unpaired) electrons. The SMILES string of the molecule is CCCCCCCCCCCCCCCCCCOc1ccccc1C1(OCCO)c2ccccc2Oc2ccccc21. The van der Waals surface area contributed by atoms with E-state index in [1.54, 1.807) is 0 Å². The maximum atomic E-state index is 9.80. The van der Waals surface area contributed by atoms with Crippen molar-refractivity contribution in [1.82, 2.24) is 0 Å². The normalized spacial score (nSPS) is 13.3. The zero-order chi connectivity index (χ0) is 30.0. The first kappa shape index (κ1) is 33.1. The number of para-hydroxylation sites is 3. The maximum absolute atomic E-state index is 9.80. The van der Waals surface area contributed by atoms with E-state index in [1.165, 1.54) is 96.3 Å². The van der Waals surface area contributed by atoms with Gasteiger partial charge in [0, 0.05) is 16.7 Å². The maximum Gasteiger partial charge on any atom is 0.154 e. The van der Waals surface area contributed by atoms with Gasteiger partial charge in [0.2, 0.25) is 0 Å². The molecular weight excluding hydrogens is 532 g/mol. The van der Waals surface area contributed by atoms with E-state index in [2.05, 4.69) is 25.1 Å². The molecule has 0 atom stereocenters. The molecule has 234 valence electrons. The Kier molecular flexibility index (Phi) is 14.4. The summed E-state index contributed by atoms with van der Waals surface area (Å²) in [5.74, 6) is 2.33. The fourth-order valence-corrected chi connectivity index (χ4v) is 6.39. The van der Waals surface area contributed by atoms with Gasteiger partial charge < -0.3 is 19.3 Å². The van der Waals surface area contributed by atoms with Crippen LogP contribution in [0.4, 0.5) is 0 Å². The van der Waals surface area contributed by atoms with Crippen molar-refractivity contribution in [2.75, 3.05) is 19.8 Å². The Labute approximate surface area is 260 Å². The molecular formula is C39H54O4. The van der Waals surface area contributed by atoms with E-state index in [0.29, 0.717) is 6.61 Å². The highest BCUT2D eigenvalue weighted by atomic mass is 16.5. The van der Waals surface area contributed by atoms with Crippen molar-refractivity contribution in [3.8, 4) is 17.2 Å². The molecule has 4 nitrogen and oxygen atoms in total. The summed E-state index contributed by atoms with van der Waals surface area (Å²) in [6.07, 6.45) is 21.7. The average Bonchev–Trinajstić information content (AvgIpc) is 3.05. The van der Waals surface area contributed by atoms with Gasteiger partial charge in [-0.25, -0.2) is 0 Å². The van der Waals surface area contributed by atoms with Crippen LogP contribution in [0, 0.1) is 0 Å². The van der Waals surface area contributed by atoms with Gasteiger partial charge in [0.05, 0.1) is 19.8 Å². The molecule has 1 aliphatic rings. The molecule has 0 spiro atoms. The van der Waals surface area contributed by atoms with Gasteiger partial charge in [-0.05, 0) is 24.6 Å². The molecule has 1 aliphatic heterocycles. The molecule has 0 aliphatic carbocycles. The average molecular weight is 587 g/mol. The largest absolute Gasteiger partial charge is 0.493 e. The minimum absolute atomic E-state index is 0.0742. The zero-order valence-corrected chi connectivity index (χ0v) is 26.5. The van der Waals surface area contributed by atoms with E-state index in [0.717, 1.165) is 40.4 Å². The van der Waals surface area contributed by atoms with Crippen LogP contribution in [0.25, 0.3) is 0 Å². The molecule has 3 aromatic rings.